The molecule has 0 spiro atoms. The summed E-state index contributed by atoms with van der Waals surface area (Å²) in [5.74, 6) is 0.788. The summed E-state index contributed by atoms with van der Waals surface area (Å²) in [6.07, 6.45) is -0.965. The Morgan fingerprint density at radius 2 is 2.12 bits per heavy atom. The maximum Gasteiger partial charge on any atom is 0.241 e. The SMILES string of the molecule is O=C(CN1CCn2nc([C@H](O)CO)cc2C1)N1CCOc2ccccc21. The molecule has 0 saturated heterocycles. The molecule has 1 atom stereocenters. The number of aliphatic hydroxyl groups excluding tert-OH is 2. The number of para-hydroxylation sites is 2. The van der Waals surface area contributed by atoms with Crippen molar-refractivity contribution >= 4 is 11.6 Å². The van der Waals surface area contributed by atoms with Crippen LogP contribution in [0.2, 0.25) is 0 Å². The summed E-state index contributed by atoms with van der Waals surface area (Å²) in [7, 11) is 0. The first-order valence-electron chi connectivity index (χ1n) is 8.76. The molecule has 1 aromatic carbocycles. The van der Waals surface area contributed by atoms with Gasteiger partial charge >= 0.3 is 0 Å². The Bertz CT molecular complexity index is 806. The zero-order valence-electron chi connectivity index (χ0n) is 14.4. The lowest BCUT2D eigenvalue weighted by Crippen LogP contribution is -2.46. The van der Waals surface area contributed by atoms with E-state index in [0.29, 0.717) is 45.0 Å². The number of anilines is 1. The van der Waals surface area contributed by atoms with Crippen LogP contribution < -0.4 is 9.64 Å². The van der Waals surface area contributed by atoms with Gasteiger partial charge in [0.1, 0.15) is 18.5 Å². The van der Waals surface area contributed by atoms with Crippen LogP contribution in [0.3, 0.4) is 0 Å². The Morgan fingerprint density at radius 1 is 1.27 bits per heavy atom. The van der Waals surface area contributed by atoms with Crippen molar-refractivity contribution in [2.75, 3.05) is 37.7 Å². The molecule has 0 bridgehead atoms. The predicted octanol–water partition coefficient (Wildman–Crippen LogP) is 0.150. The number of carbonyl (C=O) groups is 1. The summed E-state index contributed by atoms with van der Waals surface area (Å²) in [6, 6.07) is 9.38. The highest BCUT2D eigenvalue weighted by molar-refractivity contribution is 5.96. The van der Waals surface area contributed by atoms with Gasteiger partial charge in [-0.3, -0.25) is 14.4 Å². The van der Waals surface area contributed by atoms with Crippen LogP contribution in [0, 0.1) is 0 Å². The maximum atomic E-state index is 12.8. The molecule has 3 heterocycles. The van der Waals surface area contributed by atoms with E-state index in [4.69, 9.17) is 9.84 Å². The smallest absolute Gasteiger partial charge is 0.241 e. The predicted molar refractivity (Wildman–Crippen MR) is 93.8 cm³/mol. The minimum Gasteiger partial charge on any atom is -0.490 e. The van der Waals surface area contributed by atoms with Crippen LogP contribution in [0.1, 0.15) is 17.5 Å². The van der Waals surface area contributed by atoms with Gasteiger partial charge in [0.2, 0.25) is 5.91 Å². The number of nitrogens with zero attached hydrogens (tertiary/aromatic N) is 4. The third kappa shape index (κ3) is 3.18. The molecule has 138 valence electrons. The van der Waals surface area contributed by atoms with Gasteiger partial charge in [-0.2, -0.15) is 5.10 Å². The van der Waals surface area contributed by atoms with Gasteiger partial charge < -0.3 is 19.8 Å². The zero-order chi connectivity index (χ0) is 18.1. The number of ether oxygens (including phenoxy) is 1. The first-order chi connectivity index (χ1) is 12.7. The van der Waals surface area contributed by atoms with Crippen LogP contribution in [-0.2, 0) is 17.9 Å². The number of carbonyl (C=O) groups excluding carboxylic acids is 1. The minimum atomic E-state index is -0.965. The number of hydrogen-bond donors (Lipinski definition) is 2. The number of fused-ring (bicyclic) bond motifs is 2. The molecular weight excluding hydrogens is 336 g/mol. The normalized spacial score (nSPS) is 18.0. The second-order valence-electron chi connectivity index (χ2n) is 6.55. The highest BCUT2D eigenvalue weighted by atomic mass is 16.5. The summed E-state index contributed by atoms with van der Waals surface area (Å²) in [5, 5.41) is 23.1. The van der Waals surface area contributed by atoms with Gasteiger partial charge in [0, 0.05) is 13.1 Å². The highest BCUT2D eigenvalue weighted by Crippen LogP contribution is 2.31. The number of benzene rings is 1. The summed E-state index contributed by atoms with van der Waals surface area (Å²) in [6.45, 7) is 2.96. The van der Waals surface area contributed by atoms with Crippen molar-refractivity contribution in [3.63, 3.8) is 0 Å². The van der Waals surface area contributed by atoms with Crippen LogP contribution in [0.15, 0.2) is 30.3 Å². The van der Waals surface area contributed by atoms with E-state index < -0.39 is 6.10 Å². The average molecular weight is 358 g/mol. The van der Waals surface area contributed by atoms with Crippen LogP contribution in [-0.4, -0.2) is 63.6 Å². The Balaban J connectivity index is 1.44. The number of aliphatic hydroxyl groups is 2. The molecule has 0 unspecified atom stereocenters. The average Bonchev–Trinajstić information content (AvgIpc) is 3.10. The molecule has 0 fully saturated rings. The second-order valence-corrected chi connectivity index (χ2v) is 6.55. The van der Waals surface area contributed by atoms with Crippen molar-refractivity contribution in [1.29, 1.82) is 0 Å². The van der Waals surface area contributed by atoms with Gasteiger partial charge in [-0.1, -0.05) is 12.1 Å². The summed E-state index contributed by atoms with van der Waals surface area (Å²) < 4.78 is 7.45. The monoisotopic (exact) mass is 358 g/mol. The third-order valence-corrected chi connectivity index (χ3v) is 4.80. The molecule has 0 saturated carbocycles. The minimum absolute atomic E-state index is 0.0457. The van der Waals surface area contributed by atoms with E-state index in [1.807, 2.05) is 28.9 Å². The molecule has 8 nitrogen and oxygen atoms in total. The fourth-order valence-electron chi connectivity index (χ4n) is 3.44. The van der Waals surface area contributed by atoms with Gasteiger partial charge in [-0.15, -0.1) is 0 Å². The molecule has 0 radical (unpaired) electrons. The van der Waals surface area contributed by atoms with Crippen LogP contribution in [0.5, 0.6) is 5.75 Å². The topological polar surface area (TPSA) is 91.1 Å². The summed E-state index contributed by atoms with van der Waals surface area (Å²) in [4.78, 5) is 16.7. The molecule has 2 aromatic rings. The van der Waals surface area contributed by atoms with Crippen LogP contribution in [0.25, 0.3) is 0 Å². The Labute approximate surface area is 151 Å². The number of hydrogen-bond acceptors (Lipinski definition) is 6. The Morgan fingerprint density at radius 3 is 2.96 bits per heavy atom. The molecule has 26 heavy (non-hydrogen) atoms. The van der Waals surface area contributed by atoms with Crippen LogP contribution in [0.4, 0.5) is 5.69 Å². The zero-order valence-corrected chi connectivity index (χ0v) is 14.4. The standard InChI is InChI=1S/C18H22N4O4/c23-12-16(24)14-9-13-10-20(5-6-22(13)19-14)11-18(25)21-7-8-26-17-4-2-1-3-15(17)21/h1-4,9,16,23-24H,5-8,10-12H2/t16-/m1/s1. The highest BCUT2D eigenvalue weighted by Gasteiger charge is 2.27. The molecule has 0 aliphatic carbocycles. The lowest BCUT2D eigenvalue weighted by Gasteiger charge is -2.33. The van der Waals surface area contributed by atoms with E-state index >= 15 is 0 Å². The van der Waals surface area contributed by atoms with E-state index in [1.54, 1.807) is 11.0 Å². The van der Waals surface area contributed by atoms with Crippen molar-refractivity contribution in [1.82, 2.24) is 14.7 Å². The summed E-state index contributed by atoms with van der Waals surface area (Å²) >= 11 is 0. The molecule has 8 heteroatoms. The fraction of sp³-hybridized carbons (Fsp3) is 0.444. The first-order valence-corrected chi connectivity index (χ1v) is 8.76. The van der Waals surface area contributed by atoms with Crippen molar-refractivity contribution in [2.24, 2.45) is 0 Å². The number of rotatable bonds is 4. The van der Waals surface area contributed by atoms with E-state index in [-0.39, 0.29) is 12.5 Å². The number of amides is 1. The quantitative estimate of drug-likeness (QED) is 0.809. The van der Waals surface area contributed by atoms with E-state index in [0.717, 1.165) is 17.1 Å². The molecule has 1 amide bonds. The second kappa shape index (κ2) is 7.06. The van der Waals surface area contributed by atoms with Crippen molar-refractivity contribution in [3.8, 4) is 5.75 Å². The molecule has 2 aliphatic rings. The molecule has 2 N–H and O–H groups in total. The van der Waals surface area contributed by atoms with Crippen molar-refractivity contribution < 1.29 is 19.7 Å². The van der Waals surface area contributed by atoms with Gasteiger partial charge in [0.15, 0.2) is 0 Å². The van der Waals surface area contributed by atoms with E-state index in [2.05, 4.69) is 10.00 Å². The lowest BCUT2D eigenvalue weighted by molar-refractivity contribution is -0.120. The molecule has 1 aromatic heterocycles. The van der Waals surface area contributed by atoms with Crippen molar-refractivity contribution in [2.45, 2.75) is 19.2 Å². The number of aromatic nitrogens is 2. The summed E-state index contributed by atoms with van der Waals surface area (Å²) in [5.41, 5.74) is 2.23. The molecule has 2 aliphatic heterocycles. The third-order valence-electron chi connectivity index (χ3n) is 4.80. The Hall–Kier alpha value is -2.42. The lowest BCUT2D eigenvalue weighted by atomic mass is 10.2. The van der Waals surface area contributed by atoms with Crippen LogP contribution >= 0.6 is 0 Å². The van der Waals surface area contributed by atoms with E-state index in [1.165, 1.54) is 0 Å². The van der Waals surface area contributed by atoms with Gasteiger partial charge in [0.25, 0.3) is 0 Å². The Kier molecular flexibility index (Phi) is 4.62. The molecular formula is C18H22N4O4. The maximum absolute atomic E-state index is 12.8. The van der Waals surface area contributed by atoms with Gasteiger partial charge in [0.05, 0.1) is 43.3 Å². The largest absolute Gasteiger partial charge is 0.490 e. The molecule has 4 rings (SSSR count). The van der Waals surface area contributed by atoms with E-state index in [9.17, 15) is 9.90 Å². The fourth-order valence-corrected chi connectivity index (χ4v) is 3.44. The first kappa shape index (κ1) is 17.0. The van der Waals surface area contributed by atoms with Gasteiger partial charge in [-0.25, -0.2) is 0 Å². The van der Waals surface area contributed by atoms with Gasteiger partial charge in [-0.05, 0) is 18.2 Å². The van der Waals surface area contributed by atoms with Crippen molar-refractivity contribution in [3.05, 3.63) is 41.7 Å².